The van der Waals surface area contributed by atoms with Gasteiger partial charge in [0.05, 0.1) is 21.3 Å². The summed E-state index contributed by atoms with van der Waals surface area (Å²) in [6, 6.07) is 10.1. The molecule has 0 bridgehead atoms. The maximum atomic E-state index is 12.1. The van der Waals surface area contributed by atoms with Crippen molar-refractivity contribution >= 4 is 69.0 Å². The van der Waals surface area contributed by atoms with Crippen LogP contribution >= 0.6 is 57.4 Å². The molecule has 0 aliphatic carbocycles. The van der Waals surface area contributed by atoms with Crippen LogP contribution in [0.3, 0.4) is 0 Å². The predicted molar refractivity (Wildman–Crippen MR) is 88.6 cm³/mol. The zero-order chi connectivity index (χ0) is 14.0. The van der Waals surface area contributed by atoms with E-state index in [2.05, 4.69) is 27.9 Å². The Kier molecular flexibility index (Phi) is 4.95. The van der Waals surface area contributed by atoms with Crippen molar-refractivity contribution < 1.29 is 4.79 Å². The van der Waals surface area contributed by atoms with E-state index in [0.29, 0.717) is 26.3 Å². The van der Waals surface area contributed by atoms with Crippen molar-refractivity contribution in [1.82, 2.24) is 0 Å². The van der Waals surface area contributed by atoms with Crippen LogP contribution < -0.4 is 5.32 Å². The molecule has 2 aromatic carbocycles. The lowest BCUT2D eigenvalue weighted by Crippen LogP contribution is -2.13. The highest BCUT2D eigenvalue weighted by Crippen LogP contribution is 2.30. The summed E-state index contributed by atoms with van der Waals surface area (Å²) in [6.45, 7) is 0. The Morgan fingerprint density at radius 3 is 2.53 bits per heavy atom. The second-order valence-corrected chi connectivity index (χ2v) is 6.06. The van der Waals surface area contributed by atoms with Crippen LogP contribution in [0.25, 0.3) is 0 Å². The quantitative estimate of drug-likeness (QED) is 0.631. The fraction of sp³-hybridized carbons (Fsp3) is 0. The molecule has 0 saturated carbocycles. The van der Waals surface area contributed by atoms with Crippen LogP contribution in [0.5, 0.6) is 0 Å². The molecule has 0 aromatic heterocycles. The second kappa shape index (κ2) is 6.31. The molecule has 0 aliphatic rings. The van der Waals surface area contributed by atoms with E-state index in [-0.39, 0.29) is 5.91 Å². The molecule has 0 saturated heterocycles. The van der Waals surface area contributed by atoms with E-state index in [1.165, 1.54) is 0 Å². The first kappa shape index (κ1) is 14.9. The van der Waals surface area contributed by atoms with Gasteiger partial charge in [0, 0.05) is 8.59 Å². The molecule has 1 amide bonds. The van der Waals surface area contributed by atoms with E-state index >= 15 is 0 Å². The summed E-state index contributed by atoms with van der Waals surface area (Å²) < 4.78 is 0.765. The van der Waals surface area contributed by atoms with Crippen LogP contribution in [0.2, 0.25) is 15.1 Å². The third kappa shape index (κ3) is 3.54. The van der Waals surface area contributed by atoms with Crippen molar-refractivity contribution in [2.45, 2.75) is 0 Å². The fourth-order valence-corrected chi connectivity index (χ4v) is 2.93. The predicted octanol–water partition coefficient (Wildman–Crippen LogP) is 5.50. The van der Waals surface area contributed by atoms with E-state index in [4.69, 9.17) is 34.8 Å². The van der Waals surface area contributed by atoms with Crippen LogP contribution in [-0.4, -0.2) is 5.91 Å². The van der Waals surface area contributed by atoms with Gasteiger partial charge in [0.15, 0.2) is 0 Å². The molecule has 0 radical (unpaired) electrons. The maximum Gasteiger partial charge on any atom is 0.256 e. The standard InChI is InChI=1S/C13H7Cl3INO/c14-7-4-5-8(10(17)6-7)13(19)18-11-3-1-2-9(15)12(11)16/h1-6H,(H,18,19). The maximum absolute atomic E-state index is 12.1. The summed E-state index contributed by atoms with van der Waals surface area (Å²) in [5.41, 5.74) is 1.01. The summed E-state index contributed by atoms with van der Waals surface area (Å²) in [6.07, 6.45) is 0. The largest absolute Gasteiger partial charge is 0.321 e. The van der Waals surface area contributed by atoms with Crippen molar-refractivity contribution in [3.63, 3.8) is 0 Å². The summed E-state index contributed by atoms with van der Waals surface area (Å²) in [4.78, 5) is 12.1. The van der Waals surface area contributed by atoms with Gasteiger partial charge in [-0.15, -0.1) is 0 Å². The first-order valence-corrected chi connectivity index (χ1v) is 7.40. The van der Waals surface area contributed by atoms with Crippen LogP contribution in [0.1, 0.15) is 10.4 Å². The van der Waals surface area contributed by atoms with Gasteiger partial charge in [0.25, 0.3) is 5.91 Å². The van der Waals surface area contributed by atoms with Crippen molar-refractivity contribution in [3.8, 4) is 0 Å². The number of carbonyl (C=O) groups excluding carboxylic acids is 1. The molecular formula is C13H7Cl3INO. The Balaban J connectivity index is 2.28. The molecule has 6 heteroatoms. The summed E-state index contributed by atoms with van der Waals surface area (Å²) >= 11 is 19.8. The molecule has 0 aliphatic heterocycles. The Morgan fingerprint density at radius 1 is 1.11 bits per heavy atom. The Bertz CT molecular complexity index is 646. The van der Waals surface area contributed by atoms with Gasteiger partial charge in [-0.05, 0) is 52.9 Å². The summed E-state index contributed by atoms with van der Waals surface area (Å²) in [7, 11) is 0. The minimum atomic E-state index is -0.259. The smallest absolute Gasteiger partial charge is 0.256 e. The van der Waals surface area contributed by atoms with Crippen molar-refractivity contribution in [2.75, 3.05) is 5.32 Å². The van der Waals surface area contributed by atoms with E-state index in [0.717, 1.165) is 3.57 Å². The average molecular weight is 426 g/mol. The van der Waals surface area contributed by atoms with Crippen LogP contribution in [0, 0.1) is 3.57 Å². The van der Waals surface area contributed by atoms with Gasteiger partial charge in [0.2, 0.25) is 0 Å². The molecule has 0 fully saturated rings. The number of anilines is 1. The van der Waals surface area contributed by atoms with E-state index in [1.54, 1.807) is 36.4 Å². The molecule has 1 N–H and O–H groups in total. The SMILES string of the molecule is O=C(Nc1cccc(Cl)c1Cl)c1ccc(Cl)cc1I. The fourth-order valence-electron chi connectivity index (χ4n) is 1.46. The molecular weight excluding hydrogens is 419 g/mol. The van der Waals surface area contributed by atoms with Crippen LogP contribution in [0.15, 0.2) is 36.4 Å². The topological polar surface area (TPSA) is 29.1 Å². The number of nitrogens with one attached hydrogen (secondary N) is 1. The summed E-state index contributed by atoms with van der Waals surface area (Å²) in [5, 5.41) is 4.02. The van der Waals surface area contributed by atoms with Gasteiger partial charge in [-0.3, -0.25) is 4.79 Å². The minimum absolute atomic E-state index is 0.259. The van der Waals surface area contributed by atoms with Crippen LogP contribution in [-0.2, 0) is 0 Å². The zero-order valence-electron chi connectivity index (χ0n) is 9.38. The molecule has 2 nitrogen and oxygen atoms in total. The second-order valence-electron chi connectivity index (χ2n) is 3.68. The van der Waals surface area contributed by atoms with Gasteiger partial charge >= 0.3 is 0 Å². The lowest BCUT2D eigenvalue weighted by atomic mass is 10.2. The average Bonchev–Trinajstić information content (AvgIpc) is 2.34. The van der Waals surface area contributed by atoms with Gasteiger partial charge < -0.3 is 5.32 Å². The van der Waals surface area contributed by atoms with E-state index < -0.39 is 0 Å². The molecule has 98 valence electrons. The normalized spacial score (nSPS) is 10.3. The van der Waals surface area contributed by atoms with Crippen LogP contribution in [0.4, 0.5) is 5.69 Å². The number of hydrogen-bond acceptors (Lipinski definition) is 1. The number of benzene rings is 2. The highest BCUT2D eigenvalue weighted by molar-refractivity contribution is 14.1. The van der Waals surface area contributed by atoms with Gasteiger partial charge in [-0.25, -0.2) is 0 Å². The Morgan fingerprint density at radius 2 is 1.84 bits per heavy atom. The Hall–Kier alpha value is -0.490. The number of carbonyl (C=O) groups is 1. The zero-order valence-corrected chi connectivity index (χ0v) is 13.8. The highest BCUT2D eigenvalue weighted by Gasteiger charge is 2.13. The van der Waals surface area contributed by atoms with Gasteiger partial charge in [-0.2, -0.15) is 0 Å². The third-order valence-corrected chi connectivity index (χ3v) is 4.32. The molecule has 19 heavy (non-hydrogen) atoms. The van der Waals surface area contributed by atoms with Crippen molar-refractivity contribution in [2.24, 2.45) is 0 Å². The molecule has 2 rings (SSSR count). The number of rotatable bonds is 2. The molecule has 0 heterocycles. The van der Waals surface area contributed by atoms with Crippen molar-refractivity contribution in [3.05, 3.63) is 60.6 Å². The molecule has 2 aromatic rings. The minimum Gasteiger partial charge on any atom is -0.321 e. The first-order chi connectivity index (χ1) is 8.99. The number of amides is 1. The Labute approximate surface area is 139 Å². The number of hydrogen-bond donors (Lipinski definition) is 1. The monoisotopic (exact) mass is 425 g/mol. The summed E-state index contributed by atoms with van der Waals surface area (Å²) in [5.74, 6) is -0.259. The van der Waals surface area contributed by atoms with E-state index in [1.807, 2.05) is 0 Å². The molecule has 0 spiro atoms. The van der Waals surface area contributed by atoms with Crippen molar-refractivity contribution in [1.29, 1.82) is 0 Å². The lowest BCUT2D eigenvalue weighted by Gasteiger charge is -2.09. The highest BCUT2D eigenvalue weighted by atomic mass is 127. The molecule has 0 atom stereocenters. The lowest BCUT2D eigenvalue weighted by molar-refractivity contribution is 0.102. The van der Waals surface area contributed by atoms with Gasteiger partial charge in [0.1, 0.15) is 0 Å². The third-order valence-electron chi connectivity index (χ3n) is 2.38. The number of halogens is 4. The van der Waals surface area contributed by atoms with Gasteiger partial charge in [-0.1, -0.05) is 40.9 Å². The van der Waals surface area contributed by atoms with E-state index in [9.17, 15) is 4.79 Å². The molecule has 0 unspecified atom stereocenters. The first-order valence-electron chi connectivity index (χ1n) is 5.19.